The van der Waals surface area contributed by atoms with Crippen LogP contribution in [0.1, 0.15) is 43.4 Å². The Labute approximate surface area is 126 Å². The summed E-state index contributed by atoms with van der Waals surface area (Å²) in [6.45, 7) is 8.41. The van der Waals surface area contributed by atoms with Gasteiger partial charge in [0.05, 0.1) is 0 Å². The third kappa shape index (κ3) is 4.62. The molecule has 0 bridgehead atoms. The highest BCUT2D eigenvalue weighted by Crippen LogP contribution is 2.18. The van der Waals surface area contributed by atoms with Crippen LogP contribution in [-0.4, -0.2) is 0 Å². The van der Waals surface area contributed by atoms with Gasteiger partial charge in [0.2, 0.25) is 0 Å². The van der Waals surface area contributed by atoms with Crippen molar-refractivity contribution in [3.63, 3.8) is 0 Å². The van der Waals surface area contributed by atoms with E-state index in [0.717, 1.165) is 19.3 Å². The van der Waals surface area contributed by atoms with E-state index in [0.29, 0.717) is 23.4 Å². The van der Waals surface area contributed by atoms with Crippen molar-refractivity contribution in [3.8, 4) is 0 Å². The molecule has 1 aromatic heterocycles. The summed E-state index contributed by atoms with van der Waals surface area (Å²) in [4.78, 5) is 11.1. The first-order chi connectivity index (χ1) is 9.94. The summed E-state index contributed by atoms with van der Waals surface area (Å²) in [6, 6.07) is 8.77. The summed E-state index contributed by atoms with van der Waals surface area (Å²) >= 11 is 0. The van der Waals surface area contributed by atoms with Crippen LogP contribution in [0.2, 0.25) is 0 Å². The summed E-state index contributed by atoms with van der Waals surface area (Å²) in [5.41, 5.74) is 2.73. The maximum atomic E-state index is 11.1. The molecule has 0 aliphatic rings. The van der Waals surface area contributed by atoms with Gasteiger partial charge in [-0.3, -0.25) is 0 Å². The molecule has 0 amide bonds. The fourth-order valence-corrected chi connectivity index (χ4v) is 2.71. The molecule has 1 atom stereocenters. The molecule has 0 fully saturated rings. The van der Waals surface area contributed by atoms with Crippen molar-refractivity contribution in [3.05, 3.63) is 57.5 Å². The summed E-state index contributed by atoms with van der Waals surface area (Å²) in [5.74, 6) is 1.74. The molecule has 0 aliphatic carbocycles. The molecule has 3 heteroatoms. The third-order valence-corrected chi connectivity index (χ3v) is 3.59. The van der Waals surface area contributed by atoms with Gasteiger partial charge < -0.3 is 8.83 Å². The van der Waals surface area contributed by atoms with Crippen LogP contribution in [0, 0.1) is 18.8 Å². The van der Waals surface area contributed by atoms with Crippen molar-refractivity contribution in [1.82, 2.24) is 0 Å². The van der Waals surface area contributed by atoms with E-state index in [9.17, 15) is 4.79 Å². The number of rotatable bonds is 6. The highest BCUT2D eigenvalue weighted by Gasteiger charge is 2.13. The van der Waals surface area contributed by atoms with Gasteiger partial charge in [-0.05, 0) is 42.7 Å². The van der Waals surface area contributed by atoms with Gasteiger partial charge in [-0.2, -0.15) is 0 Å². The van der Waals surface area contributed by atoms with Gasteiger partial charge in [-0.15, -0.1) is 0 Å². The van der Waals surface area contributed by atoms with E-state index < -0.39 is 5.82 Å². The van der Waals surface area contributed by atoms with Gasteiger partial charge in [0, 0.05) is 6.42 Å². The Morgan fingerprint density at radius 3 is 2.24 bits per heavy atom. The molecule has 1 aromatic carbocycles. The van der Waals surface area contributed by atoms with E-state index in [2.05, 4.69) is 45.0 Å². The molecule has 1 heterocycles. The number of aryl methyl sites for hydroxylation is 1. The van der Waals surface area contributed by atoms with Crippen LogP contribution in [0.25, 0.3) is 0 Å². The summed E-state index contributed by atoms with van der Waals surface area (Å²) < 4.78 is 9.98. The topological polar surface area (TPSA) is 43.4 Å². The van der Waals surface area contributed by atoms with Gasteiger partial charge >= 0.3 is 5.82 Å². The number of hydrogen-bond acceptors (Lipinski definition) is 3. The SMILES string of the molecule is Cc1oc(=O)oc1CC(C)Cc1cccc(CC(C)C)c1. The Kier molecular flexibility index (Phi) is 5.05. The van der Waals surface area contributed by atoms with E-state index in [4.69, 9.17) is 8.83 Å². The van der Waals surface area contributed by atoms with E-state index >= 15 is 0 Å². The monoisotopic (exact) mass is 288 g/mol. The Morgan fingerprint density at radius 2 is 1.67 bits per heavy atom. The smallest absolute Gasteiger partial charge is 0.396 e. The Morgan fingerprint density at radius 1 is 1.00 bits per heavy atom. The van der Waals surface area contributed by atoms with Crippen LogP contribution >= 0.6 is 0 Å². The molecule has 0 aliphatic heterocycles. The Bertz CT molecular complexity index is 634. The van der Waals surface area contributed by atoms with Crippen molar-refractivity contribution in [1.29, 1.82) is 0 Å². The second-order valence-corrected chi connectivity index (χ2v) is 6.36. The first-order valence-corrected chi connectivity index (χ1v) is 7.61. The predicted molar refractivity (Wildman–Crippen MR) is 83.5 cm³/mol. The molecular formula is C18H24O3. The maximum absolute atomic E-state index is 11.1. The molecule has 0 saturated carbocycles. The van der Waals surface area contributed by atoms with E-state index in [1.54, 1.807) is 6.92 Å². The lowest BCUT2D eigenvalue weighted by Gasteiger charge is -2.12. The zero-order valence-electron chi connectivity index (χ0n) is 13.3. The fourth-order valence-electron chi connectivity index (χ4n) is 2.71. The highest BCUT2D eigenvalue weighted by atomic mass is 16.6. The van der Waals surface area contributed by atoms with Crippen LogP contribution < -0.4 is 5.82 Å². The first kappa shape index (κ1) is 15.6. The first-order valence-electron chi connectivity index (χ1n) is 7.61. The standard InChI is InChI=1S/C18H24O3/c1-12(2)8-15-6-5-7-16(11-15)9-13(3)10-17-14(4)20-18(19)21-17/h5-7,11-13H,8-10H2,1-4H3. The van der Waals surface area contributed by atoms with Crippen LogP contribution in [0.3, 0.4) is 0 Å². The lowest BCUT2D eigenvalue weighted by atomic mass is 9.94. The molecular weight excluding hydrogens is 264 g/mol. The van der Waals surface area contributed by atoms with Gasteiger partial charge in [0.1, 0.15) is 11.5 Å². The van der Waals surface area contributed by atoms with Crippen LogP contribution in [0.15, 0.2) is 37.9 Å². The lowest BCUT2D eigenvalue weighted by Crippen LogP contribution is -2.05. The molecule has 21 heavy (non-hydrogen) atoms. The summed E-state index contributed by atoms with van der Waals surface area (Å²) in [7, 11) is 0. The molecule has 0 radical (unpaired) electrons. The van der Waals surface area contributed by atoms with Crippen molar-refractivity contribution in [2.24, 2.45) is 11.8 Å². The molecule has 2 rings (SSSR count). The van der Waals surface area contributed by atoms with Gasteiger partial charge in [0.25, 0.3) is 0 Å². The zero-order valence-corrected chi connectivity index (χ0v) is 13.3. The second kappa shape index (κ2) is 6.79. The number of hydrogen-bond donors (Lipinski definition) is 0. The lowest BCUT2D eigenvalue weighted by molar-refractivity contribution is 0.362. The Hall–Kier alpha value is -1.77. The Balaban J connectivity index is 2.00. The molecule has 2 aromatic rings. The zero-order chi connectivity index (χ0) is 15.4. The fraction of sp³-hybridized carbons (Fsp3) is 0.500. The molecule has 3 nitrogen and oxygen atoms in total. The van der Waals surface area contributed by atoms with Crippen molar-refractivity contribution >= 4 is 0 Å². The highest BCUT2D eigenvalue weighted by molar-refractivity contribution is 5.24. The molecule has 0 saturated heterocycles. The van der Waals surface area contributed by atoms with Gasteiger partial charge in [0.15, 0.2) is 0 Å². The van der Waals surface area contributed by atoms with Crippen LogP contribution in [-0.2, 0) is 19.3 Å². The molecule has 0 spiro atoms. The van der Waals surface area contributed by atoms with Crippen molar-refractivity contribution < 1.29 is 8.83 Å². The van der Waals surface area contributed by atoms with Crippen LogP contribution in [0.4, 0.5) is 0 Å². The van der Waals surface area contributed by atoms with Gasteiger partial charge in [-0.25, -0.2) is 4.79 Å². The minimum atomic E-state index is -0.603. The predicted octanol–water partition coefficient (Wildman–Crippen LogP) is 4.16. The quantitative estimate of drug-likeness (QED) is 0.801. The summed E-state index contributed by atoms with van der Waals surface area (Å²) in [6.07, 6.45) is 2.81. The van der Waals surface area contributed by atoms with Crippen LogP contribution in [0.5, 0.6) is 0 Å². The normalized spacial score (nSPS) is 12.8. The van der Waals surface area contributed by atoms with Crippen molar-refractivity contribution in [2.45, 2.75) is 47.0 Å². The molecule has 1 unspecified atom stereocenters. The third-order valence-electron chi connectivity index (χ3n) is 3.59. The van der Waals surface area contributed by atoms with Crippen molar-refractivity contribution in [2.75, 3.05) is 0 Å². The van der Waals surface area contributed by atoms with E-state index in [-0.39, 0.29) is 0 Å². The second-order valence-electron chi connectivity index (χ2n) is 6.36. The molecule has 0 N–H and O–H groups in total. The number of benzene rings is 1. The maximum Gasteiger partial charge on any atom is 0.519 e. The minimum Gasteiger partial charge on any atom is -0.396 e. The minimum absolute atomic E-state index is 0.402. The van der Waals surface area contributed by atoms with E-state index in [1.165, 1.54) is 11.1 Å². The van der Waals surface area contributed by atoms with E-state index in [1.807, 2.05) is 0 Å². The molecule has 114 valence electrons. The largest absolute Gasteiger partial charge is 0.519 e. The average molecular weight is 288 g/mol. The average Bonchev–Trinajstić information content (AvgIpc) is 2.67. The van der Waals surface area contributed by atoms with Gasteiger partial charge in [-0.1, -0.05) is 45.0 Å². The summed E-state index contributed by atoms with van der Waals surface area (Å²) in [5, 5.41) is 0.